The number of carbonyl (C=O) groups is 2. The lowest BCUT2D eigenvalue weighted by molar-refractivity contribution is -0.133. The lowest BCUT2D eigenvalue weighted by Gasteiger charge is -2.29. The number of hydrogen-bond donors (Lipinski definition) is 0. The molecule has 0 bridgehead atoms. The minimum absolute atomic E-state index is 0.0105. The van der Waals surface area contributed by atoms with E-state index in [-0.39, 0.29) is 24.3 Å². The van der Waals surface area contributed by atoms with Crippen LogP contribution in [0.5, 0.6) is 0 Å². The molecule has 0 aliphatic carbocycles. The number of amides is 2. The van der Waals surface area contributed by atoms with E-state index in [1.165, 1.54) is 0 Å². The van der Waals surface area contributed by atoms with Gasteiger partial charge in [-0.2, -0.15) is 0 Å². The number of nitrogens with zero attached hydrogens (tertiary/aromatic N) is 3. The van der Waals surface area contributed by atoms with Gasteiger partial charge < -0.3 is 19.1 Å². The van der Waals surface area contributed by atoms with Crippen LogP contribution in [0.25, 0.3) is 0 Å². The van der Waals surface area contributed by atoms with Crippen LogP contribution in [0.3, 0.4) is 0 Å². The van der Waals surface area contributed by atoms with Gasteiger partial charge in [0.05, 0.1) is 6.54 Å². The standard InChI is InChI=1S/C29H35BrClN3O3/c1-22(2)18-34(20-26-9-6-15-32(26)19-24-8-4-5-10-27(24)31)28(35)21-33(16-7-17-37-3)29(36)23-11-13-25(30)14-12-23/h4-6,8-15,22H,7,16-21H2,1-3H3. The number of aromatic nitrogens is 1. The Bertz CT molecular complexity index is 1160. The first-order valence-corrected chi connectivity index (χ1v) is 13.6. The van der Waals surface area contributed by atoms with Crippen LogP contribution in [0.2, 0.25) is 5.02 Å². The molecule has 3 rings (SSSR count). The Morgan fingerprint density at radius 3 is 2.43 bits per heavy atom. The SMILES string of the molecule is COCCCN(CC(=O)N(Cc1cccn1Cc1ccccc1Cl)CC(C)C)C(=O)c1ccc(Br)cc1. The van der Waals surface area contributed by atoms with E-state index in [0.29, 0.717) is 44.8 Å². The van der Waals surface area contributed by atoms with E-state index < -0.39 is 0 Å². The number of rotatable bonds is 13. The molecule has 6 nitrogen and oxygen atoms in total. The van der Waals surface area contributed by atoms with Crippen LogP contribution in [-0.4, -0.2) is 59.5 Å². The molecule has 0 aliphatic rings. The van der Waals surface area contributed by atoms with Crippen molar-refractivity contribution in [1.29, 1.82) is 0 Å². The smallest absolute Gasteiger partial charge is 0.254 e. The third kappa shape index (κ3) is 8.73. The van der Waals surface area contributed by atoms with E-state index in [2.05, 4.69) is 34.3 Å². The van der Waals surface area contributed by atoms with Crippen LogP contribution in [0.4, 0.5) is 0 Å². The fraction of sp³-hybridized carbons (Fsp3) is 0.379. The molecule has 0 radical (unpaired) electrons. The Kier molecular flexibility index (Phi) is 11.2. The van der Waals surface area contributed by atoms with E-state index in [1.807, 2.05) is 59.6 Å². The molecular weight excluding hydrogens is 554 g/mol. The summed E-state index contributed by atoms with van der Waals surface area (Å²) in [5, 5.41) is 0.718. The molecule has 0 fully saturated rings. The lowest BCUT2D eigenvalue weighted by Crippen LogP contribution is -2.44. The van der Waals surface area contributed by atoms with Gasteiger partial charge in [-0.1, -0.05) is 59.6 Å². The number of methoxy groups -OCH3 is 1. The Morgan fingerprint density at radius 1 is 1.03 bits per heavy atom. The second-order valence-corrected chi connectivity index (χ2v) is 10.8. The van der Waals surface area contributed by atoms with Gasteiger partial charge in [-0.05, 0) is 60.4 Å². The fourth-order valence-electron chi connectivity index (χ4n) is 4.14. The molecule has 0 N–H and O–H groups in total. The maximum absolute atomic E-state index is 13.6. The van der Waals surface area contributed by atoms with Crippen LogP contribution in [-0.2, 0) is 22.6 Å². The van der Waals surface area contributed by atoms with Crippen LogP contribution in [0.1, 0.15) is 41.9 Å². The molecule has 0 spiro atoms. The van der Waals surface area contributed by atoms with E-state index >= 15 is 0 Å². The molecule has 3 aromatic rings. The highest BCUT2D eigenvalue weighted by molar-refractivity contribution is 9.10. The summed E-state index contributed by atoms with van der Waals surface area (Å²) >= 11 is 9.80. The van der Waals surface area contributed by atoms with Gasteiger partial charge in [0.25, 0.3) is 5.91 Å². The maximum Gasteiger partial charge on any atom is 0.254 e. The van der Waals surface area contributed by atoms with E-state index in [4.69, 9.17) is 16.3 Å². The highest BCUT2D eigenvalue weighted by Crippen LogP contribution is 2.19. The van der Waals surface area contributed by atoms with Gasteiger partial charge in [0.2, 0.25) is 5.91 Å². The molecule has 0 saturated heterocycles. The van der Waals surface area contributed by atoms with Gasteiger partial charge >= 0.3 is 0 Å². The molecule has 198 valence electrons. The van der Waals surface area contributed by atoms with Crippen molar-refractivity contribution in [3.63, 3.8) is 0 Å². The minimum atomic E-state index is -0.163. The predicted molar refractivity (Wildman–Crippen MR) is 152 cm³/mol. The molecule has 37 heavy (non-hydrogen) atoms. The Balaban J connectivity index is 1.78. The second-order valence-electron chi connectivity index (χ2n) is 9.47. The fourth-order valence-corrected chi connectivity index (χ4v) is 4.60. The predicted octanol–water partition coefficient (Wildman–Crippen LogP) is 6.12. The quantitative estimate of drug-likeness (QED) is 0.226. The Labute approximate surface area is 233 Å². The van der Waals surface area contributed by atoms with Crippen LogP contribution in [0, 0.1) is 5.92 Å². The molecule has 1 heterocycles. The number of carbonyl (C=O) groups excluding carboxylic acids is 2. The maximum atomic E-state index is 13.6. The first-order valence-electron chi connectivity index (χ1n) is 12.5. The monoisotopic (exact) mass is 587 g/mol. The molecule has 0 atom stereocenters. The van der Waals surface area contributed by atoms with Crippen molar-refractivity contribution in [2.45, 2.75) is 33.4 Å². The summed E-state index contributed by atoms with van der Waals surface area (Å²) < 4.78 is 8.20. The van der Waals surface area contributed by atoms with Gasteiger partial charge in [-0.15, -0.1) is 0 Å². The normalized spacial score (nSPS) is 11.1. The summed E-state index contributed by atoms with van der Waals surface area (Å²) in [5.74, 6) is 0.0330. The van der Waals surface area contributed by atoms with Crippen molar-refractivity contribution in [3.8, 4) is 0 Å². The molecule has 0 saturated carbocycles. The van der Waals surface area contributed by atoms with Crippen molar-refractivity contribution in [1.82, 2.24) is 14.4 Å². The minimum Gasteiger partial charge on any atom is -0.385 e. The zero-order valence-corrected chi connectivity index (χ0v) is 24.0. The first kappa shape index (κ1) is 29.0. The first-order chi connectivity index (χ1) is 17.8. The van der Waals surface area contributed by atoms with Crippen molar-refractivity contribution in [2.24, 2.45) is 5.92 Å². The van der Waals surface area contributed by atoms with Gasteiger partial charge in [0.15, 0.2) is 0 Å². The van der Waals surface area contributed by atoms with Crippen molar-refractivity contribution in [3.05, 3.63) is 93.2 Å². The van der Waals surface area contributed by atoms with E-state index in [1.54, 1.807) is 24.1 Å². The van der Waals surface area contributed by atoms with Gasteiger partial charge in [0.1, 0.15) is 6.54 Å². The average Bonchev–Trinajstić information content (AvgIpc) is 3.30. The third-order valence-electron chi connectivity index (χ3n) is 5.99. The highest BCUT2D eigenvalue weighted by atomic mass is 79.9. The van der Waals surface area contributed by atoms with E-state index in [9.17, 15) is 9.59 Å². The van der Waals surface area contributed by atoms with Gasteiger partial charge in [0, 0.05) is 60.3 Å². The Hall–Kier alpha value is -2.61. The molecule has 2 aromatic carbocycles. The molecule has 0 unspecified atom stereocenters. The van der Waals surface area contributed by atoms with Crippen molar-refractivity contribution >= 4 is 39.3 Å². The summed E-state index contributed by atoms with van der Waals surface area (Å²) in [6, 6.07) is 19.0. The van der Waals surface area contributed by atoms with Gasteiger partial charge in [-0.25, -0.2) is 0 Å². The summed E-state index contributed by atoms with van der Waals surface area (Å²) in [7, 11) is 1.63. The van der Waals surface area contributed by atoms with Crippen molar-refractivity contribution in [2.75, 3.05) is 33.4 Å². The van der Waals surface area contributed by atoms with Crippen LogP contribution < -0.4 is 0 Å². The molecule has 1 aromatic heterocycles. The largest absolute Gasteiger partial charge is 0.385 e. The van der Waals surface area contributed by atoms with Crippen LogP contribution in [0.15, 0.2) is 71.3 Å². The highest BCUT2D eigenvalue weighted by Gasteiger charge is 2.24. The lowest BCUT2D eigenvalue weighted by atomic mass is 10.1. The summed E-state index contributed by atoms with van der Waals surface area (Å²) in [6.45, 7) is 6.81. The number of benzene rings is 2. The molecule has 0 aliphatic heterocycles. The third-order valence-corrected chi connectivity index (χ3v) is 6.89. The molecular formula is C29H35BrClN3O3. The Morgan fingerprint density at radius 2 is 1.76 bits per heavy atom. The van der Waals surface area contributed by atoms with Gasteiger partial charge in [-0.3, -0.25) is 9.59 Å². The average molecular weight is 589 g/mol. The van der Waals surface area contributed by atoms with Crippen LogP contribution >= 0.6 is 27.5 Å². The zero-order chi connectivity index (χ0) is 26.8. The van der Waals surface area contributed by atoms with Crippen molar-refractivity contribution < 1.29 is 14.3 Å². The molecule has 2 amide bonds. The summed E-state index contributed by atoms with van der Waals surface area (Å²) in [4.78, 5) is 30.4. The zero-order valence-electron chi connectivity index (χ0n) is 21.7. The topological polar surface area (TPSA) is 54.8 Å². The number of ether oxygens (including phenoxy) is 1. The summed E-state index contributed by atoms with van der Waals surface area (Å²) in [6.07, 6.45) is 2.65. The molecule has 8 heteroatoms. The second kappa shape index (κ2) is 14.4. The number of hydrogen-bond acceptors (Lipinski definition) is 3. The van der Waals surface area contributed by atoms with E-state index in [0.717, 1.165) is 20.8 Å². The number of halogens is 2. The summed E-state index contributed by atoms with van der Waals surface area (Å²) in [5.41, 5.74) is 2.59.